The predicted octanol–water partition coefficient (Wildman–Crippen LogP) is 9.10. The molecule has 8 amide bonds. The topological polar surface area (TPSA) is 386 Å². The summed E-state index contributed by atoms with van der Waals surface area (Å²) in [5.41, 5.74) is 6.98. The smallest absolute Gasteiger partial charge is 0.410 e. The molecule has 0 radical (unpaired) electrons. The summed E-state index contributed by atoms with van der Waals surface area (Å²) in [5.74, 6) is -5.90. The zero-order chi connectivity index (χ0) is 88.0. The van der Waals surface area contributed by atoms with Crippen LogP contribution in [0.2, 0.25) is 0 Å². The van der Waals surface area contributed by atoms with Gasteiger partial charge in [-0.25, -0.2) is 9.59 Å². The Morgan fingerprint density at radius 3 is 1.55 bits per heavy atom. The van der Waals surface area contributed by atoms with E-state index in [4.69, 9.17) is 62.6 Å². The fraction of sp³-hybridized carbons (Fsp3) is 0.750. The van der Waals surface area contributed by atoms with Gasteiger partial charge in [-0.1, -0.05) is 138 Å². The van der Waals surface area contributed by atoms with Crippen LogP contribution in [0.25, 0.3) is 0 Å². The summed E-state index contributed by atoms with van der Waals surface area (Å²) in [6.45, 7) is 28.6. The SMILES string of the molecule is CCCCCNC(=O)CCOCCOCCOCCOCCOCCOCCOCCOCCOCCC(=O)N[C@H](C(=O)C[C@@H](CCCNC(N)=O)C(=O)Nc1ccc(COC(=O)N(C)[C@H](C(=O)C[C@H](C(=O)N(C)[C@@H]([C@@H](C)CC)[C@@H](CC(=O)N2CCC[C@H]2[C@H](OC)[C@@H](C)C(=O)C[C@H](C)[C@@H](O)c2ccccc2)OC)C(C)C)C(C)C)cc1)C(C)C. The second-order valence-corrected chi connectivity index (χ2v) is 31.8. The van der Waals surface area contributed by atoms with E-state index in [1.165, 1.54) is 19.1 Å². The van der Waals surface area contributed by atoms with E-state index in [9.17, 15) is 53.1 Å². The number of nitrogens with one attached hydrogen (secondary N) is 4. The van der Waals surface area contributed by atoms with Crippen molar-refractivity contribution in [1.29, 1.82) is 0 Å². The van der Waals surface area contributed by atoms with E-state index in [0.29, 0.717) is 156 Å². The maximum atomic E-state index is 14.9. The van der Waals surface area contributed by atoms with Crippen molar-refractivity contribution in [1.82, 2.24) is 30.7 Å². The summed E-state index contributed by atoms with van der Waals surface area (Å²) < 4.78 is 67.8. The number of likely N-dealkylation sites (N-methyl/N-ethyl adjacent to an activating group) is 2. The number of nitrogens with two attached hydrogens (primary N) is 1. The van der Waals surface area contributed by atoms with Crippen molar-refractivity contribution in [3.05, 3.63) is 65.7 Å². The summed E-state index contributed by atoms with van der Waals surface area (Å²) in [6, 6.07) is 12.2. The number of nitrogens with zero attached hydrogens (tertiary/aromatic N) is 3. The number of unbranched alkanes of at least 4 members (excludes halogenated alkanes) is 2. The van der Waals surface area contributed by atoms with E-state index < -0.39 is 84.2 Å². The first kappa shape index (κ1) is 106. The monoisotopic (exact) mass is 1690 g/mol. The molecular weight excluding hydrogens is 1540 g/mol. The molecule has 1 saturated heterocycles. The highest BCUT2D eigenvalue weighted by Gasteiger charge is 2.44. The molecule has 0 unspecified atom stereocenters. The number of amides is 8. The Kier molecular flexibility index (Phi) is 55.3. The number of benzene rings is 2. The summed E-state index contributed by atoms with van der Waals surface area (Å²) in [7, 11) is 6.25. The third-order valence-electron chi connectivity index (χ3n) is 21.6. The van der Waals surface area contributed by atoms with Crippen LogP contribution in [0.1, 0.15) is 183 Å². The van der Waals surface area contributed by atoms with E-state index in [1.54, 1.807) is 62.1 Å². The van der Waals surface area contributed by atoms with Gasteiger partial charge in [-0.15, -0.1) is 0 Å². The molecule has 1 aliphatic heterocycles. The molecule has 119 heavy (non-hydrogen) atoms. The first-order chi connectivity index (χ1) is 57.0. The summed E-state index contributed by atoms with van der Waals surface area (Å²) in [6.07, 6.45) is 2.75. The van der Waals surface area contributed by atoms with Crippen molar-refractivity contribution in [3.63, 3.8) is 0 Å². The molecule has 0 aromatic heterocycles. The fourth-order valence-corrected chi connectivity index (χ4v) is 14.5. The maximum absolute atomic E-state index is 14.9. The first-order valence-electron chi connectivity index (χ1n) is 43.0. The van der Waals surface area contributed by atoms with Crippen LogP contribution < -0.4 is 27.0 Å². The number of carbonyl (C=O) groups excluding carboxylic acids is 10. The average Bonchev–Trinajstić information content (AvgIpc) is 1.79. The van der Waals surface area contributed by atoms with Gasteiger partial charge >= 0.3 is 12.1 Å². The Hall–Kier alpha value is -7.14. The molecule has 0 spiro atoms. The number of aliphatic hydroxyl groups excluding tert-OH is 1. The lowest BCUT2D eigenvalue weighted by molar-refractivity contribution is -0.149. The minimum Gasteiger partial charge on any atom is -0.445 e. The molecule has 0 saturated carbocycles. The molecule has 2 aromatic rings. The van der Waals surface area contributed by atoms with E-state index in [0.717, 1.165) is 24.8 Å². The van der Waals surface area contributed by atoms with E-state index >= 15 is 0 Å². The molecule has 0 aliphatic carbocycles. The quantitative estimate of drug-likeness (QED) is 0.0336. The third kappa shape index (κ3) is 42.0. The molecule has 31 nitrogen and oxygen atoms in total. The number of ether oxygens (including phenoxy) is 12. The lowest BCUT2D eigenvalue weighted by atomic mass is 9.83. The third-order valence-corrected chi connectivity index (χ3v) is 21.6. The molecule has 3 rings (SSSR count). The van der Waals surface area contributed by atoms with Crippen molar-refractivity contribution < 1.29 is 110 Å². The van der Waals surface area contributed by atoms with Crippen LogP contribution in [-0.2, 0) is 102 Å². The van der Waals surface area contributed by atoms with Crippen molar-refractivity contribution in [2.75, 3.05) is 172 Å². The van der Waals surface area contributed by atoms with Crippen LogP contribution >= 0.6 is 0 Å². The van der Waals surface area contributed by atoms with Crippen molar-refractivity contribution >= 4 is 64.7 Å². The van der Waals surface area contributed by atoms with Gasteiger partial charge in [-0.2, -0.15) is 0 Å². The van der Waals surface area contributed by atoms with Crippen LogP contribution in [0.4, 0.5) is 15.3 Å². The number of urea groups is 1. The highest BCUT2D eigenvalue weighted by molar-refractivity contribution is 5.97. The Morgan fingerprint density at radius 1 is 0.555 bits per heavy atom. The van der Waals surface area contributed by atoms with Crippen LogP contribution in [0.3, 0.4) is 0 Å². The van der Waals surface area contributed by atoms with Gasteiger partial charge in [0.1, 0.15) is 12.4 Å². The average molecular weight is 1690 g/mol. The first-order valence-corrected chi connectivity index (χ1v) is 43.0. The molecule has 1 heterocycles. The van der Waals surface area contributed by atoms with Gasteiger partial charge in [0.15, 0.2) is 11.6 Å². The molecule has 1 aliphatic rings. The number of methoxy groups -OCH3 is 2. The second-order valence-electron chi connectivity index (χ2n) is 31.8. The molecular formula is C88H148N8O23. The van der Waals surface area contributed by atoms with E-state index in [-0.39, 0.29) is 136 Å². The number of aliphatic hydroxyl groups is 1. The number of carbonyl (C=O) groups is 10. The minimum atomic E-state index is -0.972. The molecule has 31 heteroatoms. The molecule has 0 bridgehead atoms. The second kappa shape index (κ2) is 62.0. The lowest BCUT2D eigenvalue weighted by Gasteiger charge is -2.41. The number of hydrogen-bond donors (Lipinski definition) is 6. The van der Waals surface area contributed by atoms with Gasteiger partial charge in [0.2, 0.25) is 29.5 Å². The van der Waals surface area contributed by atoms with Crippen molar-refractivity contribution in [3.8, 4) is 0 Å². The van der Waals surface area contributed by atoms with Crippen LogP contribution in [0.15, 0.2) is 54.6 Å². The molecule has 2 aromatic carbocycles. The predicted molar refractivity (Wildman–Crippen MR) is 452 cm³/mol. The van der Waals surface area contributed by atoms with Gasteiger partial charge in [-0.05, 0) is 85.0 Å². The number of likely N-dealkylation sites (tertiary alicyclic amines) is 1. The van der Waals surface area contributed by atoms with E-state index in [2.05, 4.69) is 28.2 Å². The van der Waals surface area contributed by atoms with Crippen molar-refractivity contribution in [2.45, 2.75) is 215 Å². The Balaban J connectivity index is 1.42. The highest BCUT2D eigenvalue weighted by Crippen LogP contribution is 2.34. The number of Topliss-reactive ketones (excluding diaryl/α,β-unsaturated/α-hetero) is 3. The number of ketones is 3. The highest BCUT2D eigenvalue weighted by atomic mass is 16.6. The molecule has 12 atom stereocenters. The standard InChI is InChI=1S/C88H148N8O23/c1-16-18-22-35-90-77(100)33-38-110-40-42-112-44-46-114-48-50-116-52-54-118-55-53-117-51-49-115-47-45-113-43-41-111-39-34-78(101)93-80(62(5)6)74(98)57-69(27-23-36-91-87(89)106)85(104)92-70-31-29-67(30-32-70)60-119-88(107)95(13)81(63(7)8)75(99)58-71(61(3)4)86(105)94(12)82(64(9)17-2)76(108-14)59-79(102)96-37-24-28-72(96)84(109-15)66(11)73(97)56-65(10)83(103)68-25-20-19-21-26-68/h19-21,25-26,29-32,61-66,69,71-72,76,80-84,103H,16-18,22-24,27-28,33-60H2,1-15H3,(H,90,100)(H,92,104)(H,93,101)(H3,89,91,106)/t64-,65-,66-,69+,71-,72-,76+,80-,81-,82-,83+,84+/m0/s1. The molecule has 7 N–H and O–H groups in total. The van der Waals surface area contributed by atoms with E-state index in [1.807, 2.05) is 85.7 Å². The summed E-state index contributed by atoms with van der Waals surface area (Å²) in [4.78, 5) is 141. The fourth-order valence-electron chi connectivity index (χ4n) is 14.5. The summed E-state index contributed by atoms with van der Waals surface area (Å²) in [5, 5.41) is 22.2. The Morgan fingerprint density at radius 2 is 1.08 bits per heavy atom. The van der Waals surface area contributed by atoms with Crippen LogP contribution in [0.5, 0.6) is 0 Å². The summed E-state index contributed by atoms with van der Waals surface area (Å²) >= 11 is 0. The number of anilines is 1. The molecule has 1 fully saturated rings. The Bertz CT molecular complexity index is 3190. The molecule has 678 valence electrons. The normalized spacial score (nSPS) is 15.7. The van der Waals surface area contributed by atoms with Crippen LogP contribution in [-0.4, -0.2) is 282 Å². The zero-order valence-corrected chi connectivity index (χ0v) is 74.2. The van der Waals surface area contributed by atoms with Gasteiger partial charge in [0.25, 0.3) is 0 Å². The van der Waals surface area contributed by atoms with Crippen molar-refractivity contribution in [2.24, 2.45) is 53.1 Å². The van der Waals surface area contributed by atoms with Gasteiger partial charge in [-0.3, -0.25) is 38.4 Å². The van der Waals surface area contributed by atoms with Gasteiger partial charge in [0.05, 0.1) is 168 Å². The number of hydrogen-bond acceptors (Lipinski definition) is 23. The zero-order valence-electron chi connectivity index (χ0n) is 74.2. The van der Waals surface area contributed by atoms with Gasteiger partial charge < -0.3 is 104 Å². The van der Waals surface area contributed by atoms with Crippen LogP contribution in [0, 0.1) is 47.3 Å². The Labute approximate surface area is 708 Å². The maximum Gasteiger partial charge on any atom is 0.410 e. The largest absolute Gasteiger partial charge is 0.445 e. The lowest BCUT2D eigenvalue weighted by Crippen LogP contribution is -2.54. The number of primary amides is 1. The van der Waals surface area contributed by atoms with Gasteiger partial charge in [0, 0.05) is 103 Å². The number of rotatable bonds is 69. The minimum absolute atomic E-state index is 0.00688.